The number of alkyl halides is 3. The van der Waals surface area contributed by atoms with Crippen LogP contribution in [0, 0.1) is 0 Å². The standard InChI is InChI=1S/C11H15F3N4O/c1-2-18(6-5-15)10-7(9(16)19)3-4-8(17-10)11(12,13)14/h3-4H,2,5-6,15H2,1H3,(H2,16,19). The van der Waals surface area contributed by atoms with Crippen LogP contribution in [0.5, 0.6) is 0 Å². The lowest BCUT2D eigenvalue weighted by Gasteiger charge is -2.23. The molecule has 0 aliphatic heterocycles. The molecule has 0 saturated carbocycles. The maximum absolute atomic E-state index is 12.6. The monoisotopic (exact) mass is 276 g/mol. The fourth-order valence-corrected chi connectivity index (χ4v) is 1.61. The number of hydrogen-bond donors (Lipinski definition) is 2. The summed E-state index contributed by atoms with van der Waals surface area (Å²) in [4.78, 5) is 16.2. The van der Waals surface area contributed by atoms with Gasteiger partial charge in [0.1, 0.15) is 11.5 Å². The zero-order valence-corrected chi connectivity index (χ0v) is 10.4. The van der Waals surface area contributed by atoms with Crippen molar-refractivity contribution >= 4 is 11.7 Å². The van der Waals surface area contributed by atoms with E-state index in [4.69, 9.17) is 11.5 Å². The number of pyridine rings is 1. The van der Waals surface area contributed by atoms with E-state index >= 15 is 0 Å². The second-order valence-corrected chi connectivity index (χ2v) is 3.80. The molecular weight excluding hydrogens is 261 g/mol. The molecule has 0 fully saturated rings. The molecule has 1 rings (SSSR count). The molecule has 1 amide bonds. The van der Waals surface area contributed by atoms with E-state index in [1.165, 1.54) is 4.90 Å². The average molecular weight is 276 g/mol. The van der Waals surface area contributed by atoms with Gasteiger partial charge >= 0.3 is 6.18 Å². The van der Waals surface area contributed by atoms with Gasteiger partial charge in [-0.2, -0.15) is 13.2 Å². The van der Waals surface area contributed by atoms with Crippen molar-refractivity contribution in [2.75, 3.05) is 24.5 Å². The van der Waals surface area contributed by atoms with E-state index < -0.39 is 17.8 Å². The first kappa shape index (κ1) is 15.2. The molecule has 0 atom stereocenters. The molecule has 4 N–H and O–H groups in total. The van der Waals surface area contributed by atoms with Crippen molar-refractivity contribution in [3.8, 4) is 0 Å². The first-order valence-electron chi connectivity index (χ1n) is 5.64. The maximum Gasteiger partial charge on any atom is 0.433 e. The fourth-order valence-electron chi connectivity index (χ4n) is 1.61. The lowest BCUT2D eigenvalue weighted by Crippen LogP contribution is -2.32. The highest BCUT2D eigenvalue weighted by atomic mass is 19.4. The van der Waals surface area contributed by atoms with Gasteiger partial charge in [0.2, 0.25) is 0 Å². The summed E-state index contributed by atoms with van der Waals surface area (Å²) in [6.07, 6.45) is -4.58. The van der Waals surface area contributed by atoms with Gasteiger partial charge in [0.25, 0.3) is 5.91 Å². The predicted octanol–water partition coefficient (Wildman–Crippen LogP) is 0.984. The number of nitrogens with two attached hydrogens (primary N) is 2. The van der Waals surface area contributed by atoms with E-state index in [-0.39, 0.29) is 24.5 Å². The van der Waals surface area contributed by atoms with Crippen LogP contribution in [0.3, 0.4) is 0 Å². The summed E-state index contributed by atoms with van der Waals surface area (Å²) in [5, 5.41) is 0. The molecule has 0 radical (unpaired) electrons. The van der Waals surface area contributed by atoms with Crippen LogP contribution < -0.4 is 16.4 Å². The lowest BCUT2D eigenvalue weighted by atomic mass is 10.2. The van der Waals surface area contributed by atoms with Crippen molar-refractivity contribution in [1.82, 2.24) is 4.98 Å². The van der Waals surface area contributed by atoms with Crippen LogP contribution in [-0.4, -0.2) is 30.5 Å². The Kier molecular flexibility index (Phi) is 4.71. The summed E-state index contributed by atoms with van der Waals surface area (Å²) in [5.41, 5.74) is 9.41. The van der Waals surface area contributed by atoms with E-state index in [9.17, 15) is 18.0 Å². The number of anilines is 1. The number of rotatable bonds is 5. The van der Waals surface area contributed by atoms with Gasteiger partial charge < -0.3 is 16.4 Å². The zero-order chi connectivity index (χ0) is 14.6. The smallest absolute Gasteiger partial charge is 0.365 e. The topological polar surface area (TPSA) is 85.2 Å². The number of hydrogen-bond acceptors (Lipinski definition) is 4. The summed E-state index contributed by atoms with van der Waals surface area (Å²) >= 11 is 0. The summed E-state index contributed by atoms with van der Waals surface area (Å²) in [6.45, 7) is 2.60. The molecule has 0 aromatic carbocycles. The molecule has 1 aromatic rings. The summed E-state index contributed by atoms with van der Waals surface area (Å²) < 4.78 is 37.9. The number of amides is 1. The van der Waals surface area contributed by atoms with Gasteiger partial charge in [0.05, 0.1) is 5.56 Å². The number of halogens is 3. The average Bonchev–Trinajstić information content (AvgIpc) is 2.34. The molecule has 1 aromatic heterocycles. The van der Waals surface area contributed by atoms with Crippen LogP contribution in [0.15, 0.2) is 12.1 Å². The van der Waals surface area contributed by atoms with Gasteiger partial charge in [-0.1, -0.05) is 0 Å². The minimum Gasteiger partial charge on any atom is -0.365 e. The molecule has 0 aliphatic carbocycles. The highest BCUT2D eigenvalue weighted by molar-refractivity contribution is 5.97. The predicted molar refractivity (Wildman–Crippen MR) is 64.7 cm³/mol. The first-order chi connectivity index (χ1) is 8.81. The highest BCUT2D eigenvalue weighted by Crippen LogP contribution is 2.30. The molecule has 0 spiro atoms. The quantitative estimate of drug-likeness (QED) is 0.839. The van der Waals surface area contributed by atoms with Crippen molar-refractivity contribution in [2.24, 2.45) is 11.5 Å². The Balaban J connectivity index is 3.33. The van der Waals surface area contributed by atoms with Crippen LogP contribution in [0.4, 0.5) is 19.0 Å². The summed E-state index contributed by atoms with van der Waals surface area (Å²) in [5.74, 6) is -0.915. The molecule has 0 unspecified atom stereocenters. The molecular formula is C11H15F3N4O. The van der Waals surface area contributed by atoms with Crippen molar-refractivity contribution < 1.29 is 18.0 Å². The number of carbonyl (C=O) groups is 1. The molecule has 5 nitrogen and oxygen atoms in total. The third-order valence-corrected chi connectivity index (χ3v) is 2.51. The van der Waals surface area contributed by atoms with Gasteiger partial charge in [0.15, 0.2) is 0 Å². The Morgan fingerprint density at radius 1 is 1.42 bits per heavy atom. The van der Waals surface area contributed by atoms with Crippen molar-refractivity contribution in [3.05, 3.63) is 23.4 Å². The largest absolute Gasteiger partial charge is 0.433 e. The zero-order valence-electron chi connectivity index (χ0n) is 10.4. The summed E-state index contributed by atoms with van der Waals surface area (Å²) in [7, 11) is 0. The molecule has 106 valence electrons. The van der Waals surface area contributed by atoms with Crippen LogP contribution in [0.1, 0.15) is 23.0 Å². The van der Waals surface area contributed by atoms with Gasteiger partial charge in [-0.3, -0.25) is 4.79 Å². The third kappa shape index (κ3) is 3.57. The second-order valence-electron chi connectivity index (χ2n) is 3.80. The number of primary amides is 1. The maximum atomic E-state index is 12.6. The van der Waals surface area contributed by atoms with Crippen LogP contribution >= 0.6 is 0 Å². The first-order valence-corrected chi connectivity index (χ1v) is 5.64. The van der Waals surface area contributed by atoms with Gasteiger partial charge in [-0.05, 0) is 19.1 Å². The van der Waals surface area contributed by atoms with E-state index in [1.54, 1.807) is 6.92 Å². The van der Waals surface area contributed by atoms with Crippen molar-refractivity contribution in [1.29, 1.82) is 0 Å². The number of carbonyl (C=O) groups excluding carboxylic acids is 1. The van der Waals surface area contributed by atoms with Crippen molar-refractivity contribution in [3.63, 3.8) is 0 Å². The van der Waals surface area contributed by atoms with E-state index in [2.05, 4.69) is 4.98 Å². The minimum absolute atomic E-state index is 0.0525. The Morgan fingerprint density at radius 2 is 2.05 bits per heavy atom. The van der Waals surface area contributed by atoms with E-state index in [1.807, 2.05) is 0 Å². The van der Waals surface area contributed by atoms with Crippen molar-refractivity contribution in [2.45, 2.75) is 13.1 Å². The number of nitrogens with zero attached hydrogens (tertiary/aromatic N) is 2. The van der Waals surface area contributed by atoms with Gasteiger partial charge in [-0.25, -0.2) is 4.98 Å². The van der Waals surface area contributed by atoms with E-state index in [0.717, 1.165) is 12.1 Å². The number of aromatic nitrogens is 1. The van der Waals surface area contributed by atoms with Crippen LogP contribution in [0.2, 0.25) is 0 Å². The molecule has 0 aliphatic rings. The molecule has 19 heavy (non-hydrogen) atoms. The molecule has 0 bridgehead atoms. The Bertz CT molecular complexity index is 462. The number of likely N-dealkylation sites (N-methyl/N-ethyl adjacent to an activating group) is 1. The normalized spacial score (nSPS) is 11.4. The third-order valence-electron chi connectivity index (χ3n) is 2.51. The lowest BCUT2D eigenvalue weighted by molar-refractivity contribution is -0.141. The second kappa shape index (κ2) is 5.87. The van der Waals surface area contributed by atoms with Crippen LogP contribution in [0.25, 0.3) is 0 Å². The Labute approximate surface area is 108 Å². The molecule has 1 heterocycles. The minimum atomic E-state index is -4.58. The van der Waals surface area contributed by atoms with Gasteiger partial charge in [0, 0.05) is 19.6 Å². The Hall–Kier alpha value is -1.83. The van der Waals surface area contributed by atoms with Gasteiger partial charge in [-0.15, -0.1) is 0 Å². The summed E-state index contributed by atoms with van der Waals surface area (Å²) in [6, 6.07) is 1.77. The Morgan fingerprint density at radius 3 is 2.47 bits per heavy atom. The van der Waals surface area contributed by atoms with E-state index in [0.29, 0.717) is 6.54 Å². The molecule has 0 saturated heterocycles. The van der Waals surface area contributed by atoms with Crippen LogP contribution in [-0.2, 0) is 6.18 Å². The molecule has 8 heteroatoms. The fraction of sp³-hybridized carbons (Fsp3) is 0.455. The SMILES string of the molecule is CCN(CCN)c1nc(C(F)(F)F)ccc1C(N)=O. The highest BCUT2D eigenvalue weighted by Gasteiger charge is 2.34.